The first-order valence-electron chi connectivity index (χ1n) is 10.4. The van der Waals surface area contributed by atoms with Crippen molar-refractivity contribution in [3.8, 4) is 10.4 Å². The highest BCUT2D eigenvalue weighted by Gasteiger charge is 2.41. The molecule has 3 aromatic rings. The van der Waals surface area contributed by atoms with E-state index in [0.29, 0.717) is 24.2 Å². The molecule has 5 N–H and O–H groups in total. The molecule has 1 aliphatic heterocycles. The van der Waals surface area contributed by atoms with Gasteiger partial charge in [-0.2, -0.15) is 10.6 Å². The van der Waals surface area contributed by atoms with Gasteiger partial charge in [-0.25, -0.2) is 0 Å². The van der Waals surface area contributed by atoms with Crippen molar-refractivity contribution in [2.45, 2.75) is 43.9 Å². The van der Waals surface area contributed by atoms with E-state index in [2.05, 4.69) is 28.1 Å². The van der Waals surface area contributed by atoms with Gasteiger partial charge in [0.05, 0.1) is 15.8 Å². The third kappa shape index (κ3) is 4.15. The molecule has 1 aromatic carbocycles. The van der Waals surface area contributed by atoms with Crippen LogP contribution in [0.2, 0.25) is 0 Å². The van der Waals surface area contributed by atoms with Crippen molar-refractivity contribution in [1.29, 1.82) is 0 Å². The number of nitrogens with one attached hydrogen (secondary N) is 1. The van der Waals surface area contributed by atoms with Crippen LogP contribution in [0.25, 0.3) is 21.3 Å². The Kier molecular flexibility index (Phi) is 5.72. The van der Waals surface area contributed by atoms with E-state index in [1.54, 1.807) is 11.3 Å². The van der Waals surface area contributed by atoms with Gasteiger partial charge in [0.1, 0.15) is 0 Å². The summed E-state index contributed by atoms with van der Waals surface area (Å²) in [7, 11) is 1.49. The van der Waals surface area contributed by atoms with Crippen LogP contribution in [0.4, 0.5) is 0 Å². The number of thiophene rings is 1. The second-order valence-electron chi connectivity index (χ2n) is 9.38. The van der Waals surface area contributed by atoms with Crippen molar-refractivity contribution in [2.75, 3.05) is 19.8 Å². The summed E-state index contributed by atoms with van der Waals surface area (Å²) in [6.45, 7) is 4.73. The molecule has 31 heavy (non-hydrogen) atoms. The maximum absolute atomic E-state index is 12.3. The van der Waals surface area contributed by atoms with Crippen LogP contribution in [0, 0.1) is 0 Å². The molecule has 0 spiro atoms. The fourth-order valence-electron chi connectivity index (χ4n) is 4.53. The highest BCUT2D eigenvalue weighted by Crippen LogP contribution is 2.61. The number of benzene rings is 1. The maximum Gasteiger partial charge on any atom is 0.250 e. The van der Waals surface area contributed by atoms with Gasteiger partial charge in [0.25, 0.3) is 5.91 Å². The van der Waals surface area contributed by atoms with Gasteiger partial charge in [0.15, 0.2) is 0 Å². The van der Waals surface area contributed by atoms with Gasteiger partial charge in [-0.3, -0.25) is 13.9 Å². The molecule has 1 aliphatic rings. The molecule has 0 saturated carbocycles. The molecule has 1 saturated heterocycles. The highest BCUT2D eigenvalue weighted by atomic mass is 32.3. The van der Waals surface area contributed by atoms with Crippen LogP contribution in [-0.4, -0.2) is 49.5 Å². The monoisotopic (exact) mass is 461 g/mol. The summed E-state index contributed by atoms with van der Waals surface area (Å²) in [6.07, 6.45) is 3.36. The summed E-state index contributed by atoms with van der Waals surface area (Å²) < 4.78 is 20.4. The van der Waals surface area contributed by atoms with Gasteiger partial charge in [-0.1, -0.05) is 0 Å². The van der Waals surface area contributed by atoms with Crippen molar-refractivity contribution in [2.24, 2.45) is 5.73 Å². The Morgan fingerprint density at radius 3 is 2.71 bits per heavy atom. The number of nitrogens with zero attached hydrogens (tertiary/aromatic N) is 1. The van der Waals surface area contributed by atoms with Gasteiger partial charge >= 0.3 is 0 Å². The number of aromatic amines is 1. The van der Waals surface area contributed by atoms with Gasteiger partial charge in [-0.05, 0) is 82.1 Å². The van der Waals surface area contributed by atoms with Crippen LogP contribution in [0.1, 0.15) is 53.4 Å². The lowest BCUT2D eigenvalue weighted by Gasteiger charge is -2.52. The summed E-state index contributed by atoms with van der Waals surface area (Å²) >= 11 is 1.72. The zero-order valence-corrected chi connectivity index (χ0v) is 20.1. The second kappa shape index (κ2) is 7.94. The van der Waals surface area contributed by atoms with Gasteiger partial charge in [0, 0.05) is 33.6 Å². The Bertz CT molecular complexity index is 1130. The zero-order valence-electron chi connectivity index (χ0n) is 18.4. The lowest BCUT2D eigenvalue weighted by atomic mass is 9.86. The van der Waals surface area contributed by atoms with E-state index in [9.17, 15) is 13.9 Å². The molecule has 1 amide bonds. The molecular weight excluding hydrogens is 430 g/mol. The quantitative estimate of drug-likeness (QED) is 0.405. The first kappa shape index (κ1) is 22.4. The summed E-state index contributed by atoms with van der Waals surface area (Å²) in [5, 5.41) is 0.994. The van der Waals surface area contributed by atoms with E-state index in [0.717, 1.165) is 33.5 Å². The topological polar surface area (TPSA) is 103 Å². The molecule has 1 fully saturated rings. The molecule has 0 radical (unpaired) electrons. The summed E-state index contributed by atoms with van der Waals surface area (Å²) in [4.78, 5) is 20.0. The molecule has 1 unspecified atom stereocenters. The Morgan fingerprint density at radius 1 is 1.32 bits per heavy atom. The van der Waals surface area contributed by atoms with Crippen LogP contribution in [0.3, 0.4) is 0 Å². The molecule has 4 rings (SSSR count). The minimum absolute atomic E-state index is 0.187. The van der Waals surface area contributed by atoms with E-state index < -0.39 is 21.2 Å². The van der Waals surface area contributed by atoms with Gasteiger partial charge < -0.3 is 15.6 Å². The minimum atomic E-state index is -2.60. The Labute approximate surface area is 188 Å². The number of fused-ring (bicyclic) bond motifs is 1. The average Bonchev–Trinajstić information content (AvgIpc) is 3.29. The molecule has 6 nitrogen and oxygen atoms in total. The minimum Gasteiger partial charge on any atom is -0.366 e. The van der Waals surface area contributed by atoms with E-state index in [1.807, 2.05) is 40.2 Å². The number of rotatable bonds is 5. The normalized spacial score (nSPS) is 21.5. The van der Waals surface area contributed by atoms with Gasteiger partial charge in [-0.15, -0.1) is 11.3 Å². The first-order valence-corrected chi connectivity index (χ1v) is 13.0. The average molecular weight is 462 g/mol. The van der Waals surface area contributed by atoms with Crippen LogP contribution in [0.5, 0.6) is 0 Å². The fourth-order valence-corrected chi connectivity index (χ4v) is 7.28. The lowest BCUT2D eigenvalue weighted by molar-refractivity contribution is 0.100. The number of carbonyl (C=O) groups excluding carboxylic acids is 1. The molecule has 8 heteroatoms. The molecule has 0 aliphatic carbocycles. The number of amides is 1. The zero-order chi connectivity index (χ0) is 22.6. The smallest absolute Gasteiger partial charge is 0.250 e. The molecular formula is C23H31N3O3S2. The van der Waals surface area contributed by atoms with Crippen LogP contribution < -0.4 is 5.73 Å². The lowest BCUT2D eigenvalue weighted by Crippen LogP contribution is -2.36. The van der Waals surface area contributed by atoms with Gasteiger partial charge in [0.2, 0.25) is 0 Å². The molecule has 3 heterocycles. The Morgan fingerprint density at radius 2 is 2.06 bits per heavy atom. The molecule has 168 valence electrons. The van der Waals surface area contributed by atoms with E-state index in [1.165, 1.54) is 4.88 Å². The number of hydrogen-bond acceptors (Lipinski definition) is 5. The fraction of sp³-hybridized carbons (Fsp3) is 0.435. The van der Waals surface area contributed by atoms with Crippen molar-refractivity contribution >= 4 is 38.7 Å². The van der Waals surface area contributed by atoms with Crippen molar-refractivity contribution < 1.29 is 13.9 Å². The maximum atomic E-state index is 12.3. The van der Waals surface area contributed by atoms with Crippen LogP contribution in [0.15, 0.2) is 30.5 Å². The Hall–Kier alpha value is -1.84. The number of nitrogens with two attached hydrogens (primary N) is 1. The highest BCUT2D eigenvalue weighted by molar-refractivity contribution is 8.25. The summed E-state index contributed by atoms with van der Waals surface area (Å²) in [5.41, 5.74) is 9.08. The van der Waals surface area contributed by atoms with Crippen molar-refractivity contribution in [1.82, 2.24) is 9.88 Å². The molecule has 1 atom stereocenters. The third-order valence-corrected chi connectivity index (χ3v) is 10.2. The van der Waals surface area contributed by atoms with Crippen LogP contribution in [-0.2, 0) is 6.54 Å². The van der Waals surface area contributed by atoms with Crippen molar-refractivity contribution in [3.05, 3.63) is 46.5 Å². The first-order chi connectivity index (χ1) is 14.5. The van der Waals surface area contributed by atoms with E-state index >= 15 is 0 Å². The summed E-state index contributed by atoms with van der Waals surface area (Å²) in [5.74, 6) is 0.134. The molecule has 2 aromatic heterocycles. The number of aromatic nitrogens is 1. The van der Waals surface area contributed by atoms with Crippen molar-refractivity contribution in [3.63, 3.8) is 0 Å². The van der Waals surface area contributed by atoms with E-state index in [-0.39, 0.29) is 5.92 Å². The second-order valence-corrected chi connectivity index (χ2v) is 13.4. The number of H-pyrrole nitrogens is 1. The van der Waals surface area contributed by atoms with Crippen LogP contribution >= 0.6 is 21.9 Å². The standard InChI is InChI=1S/C23H31N3O3S2/c1-23(2)11-14(7-8-31(23,28)29)19-12-25-21-17(19)9-15(10-18(21)22(24)27)20-6-5-16(30-20)13-26(3)4/h5-6,9-10,12,14,25,28-29H,7-8,11,13H2,1-4H3,(H2,24,27). The third-order valence-electron chi connectivity index (χ3n) is 6.32. The Balaban J connectivity index is 1.79. The number of hydrogen-bond donors (Lipinski definition) is 4. The predicted molar refractivity (Wildman–Crippen MR) is 131 cm³/mol. The van der Waals surface area contributed by atoms with E-state index in [4.69, 9.17) is 5.73 Å². The largest absolute Gasteiger partial charge is 0.366 e. The molecule has 0 bridgehead atoms. The predicted octanol–water partition coefficient (Wildman–Crippen LogP) is 5.46. The summed E-state index contributed by atoms with van der Waals surface area (Å²) in [6, 6.07) is 8.23. The number of carbonyl (C=O) groups is 1. The SMILES string of the molecule is CN(C)Cc1ccc(-c2cc(C(N)=O)c3[nH]cc(C4CCS(O)(O)C(C)(C)C4)c3c2)s1. The number of primary amides is 1.